The fraction of sp³-hybridized carbons (Fsp3) is 0.438. The number of hydrogen-bond donors (Lipinski definition) is 1. The van der Waals surface area contributed by atoms with Crippen molar-refractivity contribution in [3.8, 4) is 33.8 Å². The van der Waals surface area contributed by atoms with Gasteiger partial charge in [0.05, 0.1) is 57.5 Å². The van der Waals surface area contributed by atoms with Crippen molar-refractivity contribution >= 4 is 51.0 Å². The molecule has 1 N–H and O–H groups in total. The molecule has 0 radical (unpaired) electrons. The molecule has 0 saturated heterocycles. The van der Waals surface area contributed by atoms with Gasteiger partial charge in [-0.05, 0) is 68.8 Å². The highest BCUT2D eigenvalue weighted by Crippen LogP contribution is 2.47. The predicted molar refractivity (Wildman–Crippen MR) is 259 cm³/mol. The van der Waals surface area contributed by atoms with Crippen LogP contribution in [0.1, 0.15) is 73.4 Å². The van der Waals surface area contributed by atoms with Gasteiger partial charge in [0.15, 0.2) is 0 Å². The van der Waals surface area contributed by atoms with Gasteiger partial charge in [-0.15, -0.1) is 0 Å². The van der Waals surface area contributed by atoms with Gasteiger partial charge in [-0.25, -0.2) is 15.0 Å². The van der Waals surface area contributed by atoms with Crippen LogP contribution >= 0.6 is 34.8 Å². The van der Waals surface area contributed by atoms with Gasteiger partial charge < -0.3 is 23.6 Å². The Morgan fingerprint density at radius 2 is 1.05 bits per heavy atom. The molecule has 324 valence electrons. The van der Waals surface area contributed by atoms with Crippen LogP contribution in [0.25, 0.3) is 33.8 Å². The molecule has 0 atom stereocenters. The van der Waals surface area contributed by atoms with Crippen molar-refractivity contribution in [2.24, 2.45) is 0 Å². The van der Waals surface area contributed by atoms with E-state index < -0.39 is 16.1 Å². The monoisotopic (exact) mass is 914 g/mol. The minimum Gasteiger partial charge on any atom is -0.361 e. The summed E-state index contributed by atoms with van der Waals surface area (Å²) >= 11 is 19.0. The number of H-pyrrole nitrogens is 1. The fourth-order valence-corrected chi connectivity index (χ4v) is 9.36. The quantitative estimate of drug-likeness (QED) is 0.0772. The van der Waals surface area contributed by atoms with E-state index in [9.17, 15) is 0 Å². The Morgan fingerprint density at radius 3 is 1.56 bits per heavy atom. The Bertz CT molecular complexity index is 2350. The Kier molecular flexibility index (Phi) is 15.2. The van der Waals surface area contributed by atoms with Crippen LogP contribution in [0, 0.1) is 0 Å². The van der Waals surface area contributed by atoms with E-state index in [1.54, 1.807) is 6.33 Å². The minimum absolute atomic E-state index is 0.546. The number of aromatic nitrogens is 6. The third-order valence-electron chi connectivity index (χ3n) is 11.2. The summed E-state index contributed by atoms with van der Waals surface area (Å²) in [6, 6.07) is 26.2. The van der Waals surface area contributed by atoms with Gasteiger partial charge in [0, 0.05) is 74.5 Å². The summed E-state index contributed by atoms with van der Waals surface area (Å²) in [7, 11) is -2.10. The van der Waals surface area contributed by atoms with E-state index in [0.29, 0.717) is 31.2 Å². The number of nitrogens with one attached hydrogen (secondary N) is 1. The van der Waals surface area contributed by atoms with Crippen LogP contribution in [0.4, 0.5) is 0 Å². The molecular formula is C48H61Cl3N6O2Si2. The lowest BCUT2D eigenvalue weighted by atomic mass is 10.1. The number of rotatable bonds is 16. The lowest BCUT2D eigenvalue weighted by Gasteiger charge is -2.16. The van der Waals surface area contributed by atoms with Crippen molar-refractivity contribution in [3.63, 3.8) is 0 Å². The van der Waals surface area contributed by atoms with E-state index in [1.165, 1.54) is 67.7 Å². The smallest absolute Gasteiger partial charge is 0.124 e. The van der Waals surface area contributed by atoms with E-state index in [4.69, 9.17) is 44.3 Å². The molecule has 3 aromatic carbocycles. The first kappa shape index (κ1) is 45.5. The number of halogens is 3. The summed E-state index contributed by atoms with van der Waals surface area (Å²) in [6.45, 7) is 17.0. The molecule has 3 fully saturated rings. The second-order valence-corrected chi connectivity index (χ2v) is 31.5. The van der Waals surface area contributed by atoms with Crippen molar-refractivity contribution in [1.29, 1.82) is 0 Å². The van der Waals surface area contributed by atoms with Crippen molar-refractivity contribution < 1.29 is 9.47 Å². The van der Waals surface area contributed by atoms with Crippen LogP contribution in [0.3, 0.4) is 0 Å². The highest BCUT2D eigenvalue weighted by Gasteiger charge is 2.33. The molecule has 0 aliphatic heterocycles. The van der Waals surface area contributed by atoms with E-state index in [1.807, 2.05) is 79.4 Å². The largest absolute Gasteiger partial charge is 0.361 e. The maximum Gasteiger partial charge on any atom is 0.124 e. The molecule has 8 nitrogen and oxygen atoms in total. The van der Waals surface area contributed by atoms with Crippen molar-refractivity contribution in [2.75, 3.05) is 13.2 Å². The lowest BCUT2D eigenvalue weighted by molar-refractivity contribution is 0.0853. The first-order valence-electron chi connectivity index (χ1n) is 21.8. The summed E-state index contributed by atoms with van der Waals surface area (Å²) in [5, 5.41) is 2.31. The van der Waals surface area contributed by atoms with Crippen molar-refractivity contribution in [1.82, 2.24) is 29.1 Å². The molecule has 3 aliphatic carbocycles. The zero-order chi connectivity index (χ0) is 43.1. The number of imidazole rings is 3. The van der Waals surface area contributed by atoms with Gasteiger partial charge in [0.2, 0.25) is 0 Å². The third kappa shape index (κ3) is 12.8. The highest BCUT2D eigenvalue weighted by molar-refractivity contribution is 6.76. The van der Waals surface area contributed by atoms with E-state index in [0.717, 1.165) is 62.1 Å². The molecule has 3 aromatic heterocycles. The van der Waals surface area contributed by atoms with Crippen LogP contribution in [0.2, 0.25) is 66.4 Å². The minimum atomic E-state index is -1.06. The van der Waals surface area contributed by atoms with E-state index in [-0.39, 0.29) is 0 Å². The SMILES string of the molecule is C[Si](C)(C)CCOCn1cnc(-c2ccccc2Cl)c1C1CC1.C[Si](C)(C)CCOCn1cnc(C2CC2)c1-c1ccccc1Cl.Clc1ccccc1-c1nc[nH]c1C1CC1. The van der Waals surface area contributed by atoms with Crippen LogP contribution in [-0.2, 0) is 22.9 Å². The summed E-state index contributed by atoms with van der Waals surface area (Å²) in [5.74, 6) is 1.85. The average Bonchev–Trinajstić information content (AvgIpc) is 4.19. The van der Waals surface area contributed by atoms with E-state index >= 15 is 0 Å². The predicted octanol–water partition coefficient (Wildman–Crippen LogP) is 14.4. The Balaban J connectivity index is 0.000000141. The fourth-order valence-electron chi connectivity index (χ4n) is 7.18. The normalized spacial score (nSPS) is 15.2. The zero-order valence-electron chi connectivity index (χ0n) is 36.6. The molecule has 3 aliphatic rings. The van der Waals surface area contributed by atoms with E-state index in [2.05, 4.69) is 74.4 Å². The molecule has 0 unspecified atom stereocenters. The van der Waals surface area contributed by atoms with Gasteiger partial charge in [-0.2, -0.15) is 0 Å². The average molecular weight is 917 g/mol. The van der Waals surface area contributed by atoms with Gasteiger partial charge in [-0.1, -0.05) is 129 Å². The Labute approximate surface area is 379 Å². The molecule has 3 saturated carbocycles. The first-order chi connectivity index (χ1) is 29.3. The summed E-state index contributed by atoms with van der Waals surface area (Å²) < 4.78 is 16.1. The Morgan fingerprint density at radius 1 is 0.574 bits per heavy atom. The number of benzene rings is 3. The maximum atomic E-state index is 6.43. The number of ether oxygens (including phenoxy) is 2. The summed E-state index contributed by atoms with van der Waals surface area (Å²) in [5.41, 5.74) is 9.98. The second-order valence-electron chi connectivity index (χ2n) is 19.0. The third-order valence-corrected chi connectivity index (χ3v) is 15.6. The number of aromatic amines is 1. The molecule has 0 spiro atoms. The molecule has 6 aromatic rings. The van der Waals surface area contributed by atoms with Crippen LogP contribution in [0.5, 0.6) is 0 Å². The Hall–Kier alpha value is -3.49. The molecule has 0 bridgehead atoms. The number of nitrogens with zero attached hydrogens (tertiary/aromatic N) is 5. The maximum absolute atomic E-state index is 6.43. The second kappa shape index (κ2) is 20.3. The van der Waals surface area contributed by atoms with Crippen molar-refractivity contribution in [2.45, 2.75) is 121 Å². The summed E-state index contributed by atoms with van der Waals surface area (Å²) in [6.07, 6.45) is 13.0. The standard InChI is InChI=1S/2C18H25ClN2OSi.C12H11ClN2/c1-23(2,3)11-10-22-13-21-12-20-17(18(21)14-8-9-14)15-6-4-5-7-16(15)19;1-23(2,3)11-10-22-13-21-12-20-17(14-8-9-14)18(21)15-6-4-5-7-16(15)19;13-10-4-2-1-3-9(10)12-11(8-5-6-8)14-7-15-12/h2*4-7,12,14H,8-11,13H2,1-3H3;1-4,7-8H,5-6H2,(H,14,15). The molecule has 61 heavy (non-hydrogen) atoms. The lowest BCUT2D eigenvalue weighted by Crippen LogP contribution is -2.22. The molecule has 0 amide bonds. The molecule has 9 rings (SSSR count). The first-order valence-corrected chi connectivity index (χ1v) is 30.4. The van der Waals surface area contributed by atoms with Crippen LogP contribution in [0.15, 0.2) is 91.8 Å². The molecule has 3 heterocycles. The highest BCUT2D eigenvalue weighted by atomic mass is 35.5. The topological polar surface area (TPSA) is 82.8 Å². The van der Waals surface area contributed by atoms with Gasteiger partial charge in [0.25, 0.3) is 0 Å². The number of hydrogen-bond acceptors (Lipinski definition) is 5. The molecule has 13 heteroatoms. The molecular weight excluding hydrogens is 855 g/mol. The van der Waals surface area contributed by atoms with Gasteiger partial charge in [0.1, 0.15) is 13.5 Å². The van der Waals surface area contributed by atoms with Crippen molar-refractivity contribution in [3.05, 3.63) is 124 Å². The van der Waals surface area contributed by atoms with Crippen LogP contribution in [-0.4, -0.2) is 58.4 Å². The van der Waals surface area contributed by atoms with Gasteiger partial charge in [-0.3, -0.25) is 0 Å². The van der Waals surface area contributed by atoms with Gasteiger partial charge >= 0.3 is 0 Å². The van der Waals surface area contributed by atoms with Crippen LogP contribution < -0.4 is 0 Å². The summed E-state index contributed by atoms with van der Waals surface area (Å²) in [4.78, 5) is 16.9. The zero-order valence-corrected chi connectivity index (χ0v) is 40.8.